The minimum atomic E-state index is -0.0736. The Morgan fingerprint density at radius 1 is 1.07 bits per heavy atom. The summed E-state index contributed by atoms with van der Waals surface area (Å²) in [5, 5.41) is 1.07. The fraction of sp³-hybridized carbons (Fsp3) is 0.500. The van der Waals surface area contributed by atoms with Crippen LogP contribution in [-0.4, -0.2) is 44.5 Å². The second-order valence-corrected chi connectivity index (χ2v) is 7.66. The third-order valence-corrected chi connectivity index (χ3v) is 5.83. The van der Waals surface area contributed by atoms with Crippen molar-refractivity contribution in [1.82, 2.24) is 4.98 Å². The molecule has 0 radical (unpaired) electrons. The smallest absolute Gasteiger partial charge is 0.148 e. The maximum Gasteiger partial charge on any atom is 0.148 e. The number of nitrogens with zero attached hydrogens (tertiary/aromatic N) is 2. The third-order valence-electron chi connectivity index (χ3n) is 5.83. The van der Waals surface area contributed by atoms with Gasteiger partial charge in [-0.1, -0.05) is 11.6 Å². The first kappa shape index (κ1) is 18.1. The van der Waals surface area contributed by atoms with E-state index in [1.807, 2.05) is 12.1 Å². The van der Waals surface area contributed by atoms with Gasteiger partial charge in [0.25, 0.3) is 0 Å². The Balaban J connectivity index is 1.64. The number of benzene rings is 1. The SMILES string of the molecule is COc1cc(OC)c2nc(N3CCC4(C=C(C)CCO4)CC3)cc(C)c2c1. The van der Waals surface area contributed by atoms with Gasteiger partial charge in [0.1, 0.15) is 22.8 Å². The third kappa shape index (κ3) is 3.36. The molecule has 0 N–H and O–H groups in total. The lowest BCUT2D eigenvalue weighted by Gasteiger charge is -2.42. The Morgan fingerprint density at radius 2 is 1.85 bits per heavy atom. The van der Waals surface area contributed by atoms with Crippen LogP contribution >= 0.6 is 0 Å². The van der Waals surface area contributed by atoms with E-state index >= 15 is 0 Å². The lowest BCUT2D eigenvalue weighted by atomic mass is 9.87. The Labute approximate surface area is 160 Å². The number of aromatic nitrogens is 1. The van der Waals surface area contributed by atoms with Crippen molar-refractivity contribution in [2.45, 2.75) is 38.7 Å². The van der Waals surface area contributed by atoms with Crippen molar-refractivity contribution in [3.63, 3.8) is 0 Å². The standard InChI is InChI=1S/C22H28N2O3/c1-15-5-10-27-22(14-15)6-8-24(9-7-22)20-11-16(2)18-12-17(25-3)13-19(26-4)21(18)23-20/h11-14H,5-10H2,1-4H3. The molecule has 0 bridgehead atoms. The molecule has 0 atom stereocenters. The predicted molar refractivity (Wildman–Crippen MR) is 108 cm³/mol. The van der Waals surface area contributed by atoms with Crippen LogP contribution in [0.4, 0.5) is 5.82 Å². The van der Waals surface area contributed by atoms with Crippen LogP contribution in [0.15, 0.2) is 29.8 Å². The number of rotatable bonds is 3. The van der Waals surface area contributed by atoms with Gasteiger partial charge in [0, 0.05) is 24.5 Å². The molecule has 27 heavy (non-hydrogen) atoms. The Bertz CT molecular complexity index is 883. The van der Waals surface area contributed by atoms with E-state index in [1.54, 1.807) is 14.2 Å². The summed E-state index contributed by atoms with van der Waals surface area (Å²) in [6.07, 6.45) is 5.41. The van der Waals surface area contributed by atoms with Gasteiger partial charge in [-0.2, -0.15) is 0 Å². The summed E-state index contributed by atoms with van der Waals surface area (Å²) in [5.74, 6) is 2.54. The van der Waals surface area contributed by atoms with E-state index in [9.17, 15) is 0 Å². The first-order valence-electron chi connectivity index (χ1n) is 9.64. The molecular weight excluding hydrogens is 340 g/mol. The molecule has 1 fully saturated rings. The lowest BCUT2D eigenvalue weighted by molar-refractivity contribution is -0.0326. The van der Waals surface area contributed by atoms with E-state index in [2.05, 4.69) is 30.9 Å². The quantitative estimate of drug-likeness (QED) is 0.757. The molecule has 144 valence electrons. The van der Waals surface area contributed by atoms with Crippen LogP contribution in [-0.2, 0) is 4.74 Å². The molecule has 3 heterocycles. The van der Waals surface area contributed by atoms with Crippen LogP contribution in [0.25, 0.3) is 10.9 Å². The van der Waals surface area contributed by atoms with E-state index < -0.39 is 0 Å². The summed E-state index contributed by atoms with van der Waals surface area (Å²) in [4.78, 5) is 7.31. The molecule has 4 rings (SSSR count). The van der Waals surface area contributed by atoms with Gasteiger partial charge in [-0.15, -0.1) is 0 Å². The van der Waals surface area contributed by atoms with E-state index in [1.165, 1.54) is 11.1 Å². The van der Waals surface area contributed by atoms with Crippen molar-refractivity contribution in [2.24, 2.45) is 0 Å². The minimum Gasteiger partial charge on any atom is -0.497 e. The van der Waals surface area contributed by atoms with Crippen LogP contribution in [0.1, 0.15) is 31.7 Å². The van der Waals surface area contributed by atoms with Crippen molar-refractivity contribution in [1.29, 1.82) is 0 Å². The Morgan fingerprint density at radius 3 is 2.52 bits per heavy atom. The largest absolute Gasteiger partial charge is 0.497 e. The zero-order valence-electron chi connectivity index (χ0n) is 16.7. The first-order valence-corrected chi connectivity index (χ1v) is 9.64. The van der Waals surface area contributed by atoms with Gasteiger partial charge in [0.2, 0.25) is 0 Å². The minimum absolute atomic E-state index is 0.0736. The maximum atomic E-state index is 6.16. The molecule has 0 aliphatic carbocycles. The van der Waals surface area contributed by atoms with Gasteiger partial charge in [-0.3, -0.25) is 0 Å². The second-order valence-electron chi connectivity index (χ2n) is 7.66. The number of aryl methyl sites for hydroxylation is 1. The zero-order chi connectivity index (χ0) is 19.0. The summed E-state index contributed by atoms with van der Waals surface area (Å²) < 4.78 is 17.1. The van der Waals surface area contributed by atoms with E-state index in [4.69, 9.17) is 19.2 Å². The summed E-state index contributed by atoms with van der Waals surface area (Å²) in [5.41, 5.74) is 3.44. The van der Waals surface area contributed by atoms with Gasteiger partial charge in [-0.25, -0.2) is 4.98 Å². The molecule has 5 heteroatoms. The number of piperidine rings is 1. The first-order chi connectivity index (χ1) is 13.0. The molecule has 2 aliphatic rings. The topological polar surface area (TPSA) is 43.8 Å². The van der Waals surface area contributed by atoms with Gasteiger partial charge in [0.15, 0.2) is 0 Å². The fourth-order valence-corrected chi connectivity index (χ4v) is 4.23. The van der Waals surface area contributed by atoms with Crippen molar-refractivity contribution >= 4 is 16.7 Å². The van der Waals surface area contributed by atoms with E-state index in [-0.39, 0.29) is 5.60 Å². The number of fused-ring (bicyclic) bond motifs is 1. The monoisotopic (exact) mass is 368 g/mol. The summed E-state index contributed by atoms with van der Waals surface area (Å²) in [6, 6.07) is 6.09. The second kappa shape index (κ2) is 7.04. The number of hydrogen-bond acceptors (Lipinski definition) is 5. The maximum absolute atomic E-state index is 6.16. The van der Waals surface area contributed by atoms with Crippen LogP contribution in [0.2, 0.25) is 0 Å². The molecular formula is C22H28N2O3. The Hall–Kier alpha value is -2.27. The zero-order valence-corrected chi connectivity index (χ0v) is 16.7. The Kier molecular flexibility index (Phi) is 4.72. The number of pyridine rings is 1. The highest BCUT2D eigenvalue weighted by atomic mass is 16.5. The van der Waals surface area contributed by atoms with Crippen molar-refractivity contribution in [3.8, 4) is 11.5 Å². The fourth-order valence-electron chi connectivity index (χ4n) is 4.23. The highest BCUT2D eigenvalue weighted by Gasteiger charge is 2.35. The van der Waals surface area contributed by atoms with Crippen LogP contribution in [0, 0.1) is 6.92 Å². The lowest BCUT2D eigenvalue weighted by Crippen LogP contribution is -2.46. The molecule has 1 spiro atoms. The van der Waals surface area contributed by atoms with Gasteiger partial charge in [-0.05, 0) is 50.8 Å². The summed E-state index contributed by atoms with van der Waals surface area (Å²) >= 11 is 0. The number of ether oxygens (including phenoxy) is 3. The highest BCUT2D eigenvalue weighted by molar-refractivity contribution is 5.90. The molecule has 1 aromatic carbocycles. The van der Waals surface area contributed by atoms with E-state index in [0.29, 0.717) is 0 Å². The molecule has 0 saturated carbocycles. The summed E-state index contributed by atoms with van der Waals surface area (Å²) in [7, 11) is 3.35. The van der Waals surface area contributed by atoms with Gasteiger partial charge >= 0.3 is 0 Å². The van der Waals surface area contributed by atoms with Crippen molar-refractivity contribution < 1.29 is 14.2 Å². The molecule has 0 amide bonds. The molecule has 1 aromatic heterocycles. The highest BCUT2D eigenvalue weighted by Crippen LogP contribution is 2.37. The van der Waals surface area contributed by atoms with Gasteiger partial charge in [0.05, 0.1) is 26.4 Å². The number of anilines is 1. The van der Waals surface area contributed by atoms with Gasteiger partial charge < -0.3 is 19.1 Å². The average Bonchev–Trinajstić information content (AvgIpc) is 2.67. The normalized spacial score (nSPS) is 19.3. The molecule has 2 aliphatic heterocycles. The molecule has 1 saturated heterocycles. The number of methoxy groups -OCH3 is 2. The van der Waals surface area contributed by atoms with E-state index in [0.717, 1.165) is 67.2 Å². The average molecular weight is 368 g/mol. The molecule has 0 unspecified atom stereocenters. The molecule has 2 aromatic rings. The number of hydrogen-bond donors (Lipinski definition) is 0. The van der Waals surface area contributed by atoms with Crippen LogP contribution in [0.3, 0.4) is 0 Å². The van der Waals surface area contributed by atoms with Crippen molar-refractivity contribution in [2.75, 3.05) is 38.8 Å². The van der Waals surface area contributed by atoms with Crippen LogP contribution < -0.4 is 14.4 Å². The predicted octanol–water partition coefficient (Wildman–Crippen LogP) is 4.27. The molecule has 5 nitrogen and oxygen atoms in total. The summed E-state index contributed by atoms with van der Waals surface area (Å²) in [6.45, 7) is 7.06. The van der Waals surface area contributed by atoms with Crippen molar-refractivity contribution in [3.05, 3.63) is 35.4 Å². The van der Waals surface area contributed by atoms with Crippen LogP contribution in [0.5, 0.6) is 11.5 Å².